The summed E-state index contributed by atoms with van der Waals surface area (Å²) in [6, 6.07) is 16.6. The van der Waals surface area contributed by atoms with E-state index in [0.717, 1.165) is 29.2 Å². The van der Waals surface area contributed by atoms with Gasteiger partial charge in [-0.05, 0) is 47.3 Å². The molecule has 0 N–H and O–H groups in total. The molecule has 0 aliphatic carbocycles. The normalized spacial score (nSPS) is 17.9. The molecule has 10 heteroatoms. The number of morpholine rings is 1. The fourth-order valence-corrected chi connectivity index (χ4v) is 5.50. The minimum Gasteiger partial charge on any atom is -0.379 e. The fourth-order valence-electron chi connectivity index (χ4n) is 4.66. The number of halogens is 2. The molecule has 7 nitrogen and oxygen atoms in total. The second-order valence-corrected chi connectivity index (χ2v) is 10.6. The predicted octanol–water partition coefficient (Wildman–Crippen LogP) is 4.69. The molecule has 0 saturated carbocycles. The molecule has 1 fully saturated rings. The molecule has 38 heavy (non-hydrogen) atoms. The molecule has 0 radical (unpaired) electrons. The third-order valence-electron chi connectivity index (χ3n) is 6.70. The van der Waals surface area contributed by atoms with Crippen molar-refractivity contribution in [2.45, 2.75) is 12.5 Å². The van der Waals surface area contributed by atoms with E-state index in [-0.39, 0.29) is 24.1 Å². The number of hydrogen-bond donors (Lipinski definition) is 0. The first-order valence-corrected chi connectivity index (χ1v) is 13.8. The van der Waals surface area contributed by atoms with Crippen LogP contribution in [0.3, 0.4) is 0 Å². The number of hydrazone groups is 1. The Morgan fingerprint density at radius 3 is 2.61 bits per heavy atom. The van der Waals surface area contributed by atoms with E-state index >= 15 is 0 Å². The highest BCUT2D eigenvalue weighted by Gasteiger charge is 2.35. The number of benzene rings is 2. The van der Waals surface area contributed by atoms with Crippen LogP contribution >= 0.6 is 22.9 Å². The molecular weight excluding hydrogens is 527 g/mol. The van der Waals surface area contributed by atoms with Crippen LogP contribution in [0, 0.1) is 5.82 Å². The summed E-state index contributed by atoms with van der Waals surface area (Å²) < 4.78 is 19.4. The highest BCUT2D eigenvalue weighted by atomic mass is 35.5. The number of carbonyl (C=O) groups excluding carboxylic acids is 2. The summed E-state index contributed by atoms with van der Waals surface area (Å²) >= 11 is 7.68. The summed E-state index contributed by atoms with van der Waals surface area (Å²) in [4.78, 5) is 31.9. The summed E-state index contributed by atoms with van der Waals surface area (Å²) in [5, 5.41) is 8.78. The lowest BCUT2D eigenvalue weighted by Gasteiger charge is -2.31. The van der Waals surface area contributed by atoms with Gasteiger partial charge in [0.15, 0.2) is 0 Å². The monoisotopic (exact) mass is 554 g/mol. The molecule has 0 bridgehead atoms. The zero-order chi connectivity index (χ0) is 26.5. The van der Waals surface area contributed by atoms with E-state index in [0.29, 0.717) is 37.7 Å². The van der Waals surface area contributed by atoms with E-state index in [1.54, 1.807) is 29.5 Å². The standard InChI is InChI=1S/C28H28ClFN4O3S/c29-22-8-6-20(7-9-22)25-18-24(26-5-2-16-38-26)31-34(25)27(35)19-33(11-10-32-12-14-37-15-13-32)28(36)21-3-1-4-23(30)17-21/h1-9,16-17,25H,10-15,18-19H2/t25-/m0/s1. The Bertz CT molecular complexity index is 1300. The third-order valence-corrected chi connectivity index (χ3v) is 7.87. The maximum Gasteiger partial charge on any atom is 0.262 e. The zero-order valence-electron chi connectivity index (χ0n) is 20.8. The second-order valence-electron chi connectivity index (χ2n) is 9.22. The first-order valence-electron chi connectivity index (χ1n) is 12.5. The molecule has 1 atom stereocenters. The molecule has 1 aromatic heterocycles. The van der Waals surface area contributed by atoms with E-state index in [1.807, 2.05) is 29.6 Å². The van der Waals surface area contributed by atoms with Crippen molar-refractivity contribution in [2.75, 3.05) is 45.9 Å². The van der Waals surface area contributed by atoms with Gasteiger partial charge in [-0.1, -0.05) is 35.9 Å². The predicted molar refractivity (Wildman–Crippen MR) is 146 cm³/mol. The molecule has 5 rings (SSSR count). The molecule has 2 aromatic carbocycles. The SMILES string of the molecule is O=C(c1cccc(F)c1)N(CCN1CCOCC1)CC(=O)N1N=C(c2cccs2)C[C@H]1c1ccc(Cl)cc1. The Balaban J connectivity index is 1.39. The topological polar surface area (TPSA) is 65.5 Å². The maximum absolute atomic E-state index is 13.9. The number of rotatable bonds is 8. The van der Waals surface area contributed by atoms with Crippen LogP contribution in [0.25, 0.3) is 0 Å². The van der Waals surface area contributed by atoms with Gasteiger partial charge in [0.25, 0.3) is 11.8 Å². The fraction of sp³-hybridized carbons (Fsp3) is 0.321. The van der Waals surface area contributed by atoms with Gasteiger partial charge in [-0.15, -0.1) is 11.3 Å². The average molecular weight is 555 g/mol. The number of nitrogens with zero attached hydrogens (tertiary/aromatic N) is 4. The molecular formula is C28H28ClFN4O3S. The first-order chi connectivity index (χ1) is 18.5. The minimum atomic E-state index is -0.497. The van der Waals surface area contributed by atoms with E-state index < -0.39 is 11.7 Å². The average Bonchev–Trinajstić information content (AvgIpc) is 3.62. The maximum atomic E-state index is 13.9. The number of hydrogen-bond acceptors (Lipinski definition) is 6. The van der Waals surface area contributed by atoms with Crippen molar-refractivity contribution in [2.24, 2.45) is 5.10 Å². The van der Waals surface area contributed by atoms with Crippen LogP contribution in [0.2, 0.25) is 5.02 Å². The number of amides is 2. The summed E-state index contributed by atoms with van der Waals surface area (Å²) in [5.41, 5.74) is 1.94. The second kappa shape index (κ2) is 12.2. The summed E-state index contributed by atoms with van der Waals surface area (Å²) in [7, 11) is 0. The Morgan fingerprint density at radius 1 is 1.11 bits per heavy atom. The van der Waals surface area contributed by atoms with Crippen molar-refractivity contribution in [3.05, 3.63) is 92.9 Å². The highest BCUT2D eigenvalue weighted by Crippen LogP contribution is 2.34. The Morgan fingerprint density at radius 2 is 1.89 bits per heavy atom. The lowest BCUT2D eigenvalue weighted by molar-refractivity contribution is -0.133. The highest BCUT2D eigenvalue weighted by molar-refractivity contribution is 7.12. The lowest BCUT2D eigenvalue weighted by Crippen LogP contribution is -2.46. The molecule has 198 valence electrons. The van der Waals surface area contributed by atoms with Gasteiger partial charge < -0.3 is 9.64 Å². The Hall–Kier alpha value is -3.11. The number of thiophene rings is 1. The summed E-state index contributed by atoms with van der Waals surface area (Å²) in [6.45, 7) is 3.51. The van der Waals surface area contributed by atoms with Gasteiger partial charge in [-0.2, -0.15) is 5.10 Å². The smallest absolute Gasteiger partial charge is 0.262 e. The van der Waals surface area contributed by atoms with E-state index in [2.05, 4.69) is 4.90 Å². The Labute approximate surface area is 230 Å². The van der Waals surface area contributed by atoms with Crippen LogP contribution in [0.1, 0.15) is 33.3 Å². The van der Waals surface area contributed by atoms with Crippen molar-refractivity contribution >= 4 is 40.5 Å². The molecule has 2 aliphatic rings. The molecule has 2 amide bonds. The van der Waals surface area contributed by atoms with Crippen LogP contribution in [0.4, 0.5) is 4.39 Å². The number of ether oxygens (including phenoxy) is 1. The van der Waals surface area contributed by atoms with Crippen molar-refractivity contribution < 1.29 is 18.7 Å². The summed E-state index contributed by atoms with van der Waals surface area (Å²) in [6.07, 6.45) is 0.555. The van der Waals surface area contributed by atoms with Crippen LogP contribution in [0.5, 0.6) is 0 Å². The molecule has 0 unspecified atom stereocenters. The lowest BCUT2D eigenvalue weighted by atomic mass is 10.0. The van der Waals surface area contributed by atoms with Gasteiger partial charge in [-0.3, -0.25) is 14.5 Å². The molecule has 3 heterocycles. The van der Waals surface area contributed by atoms with Crippen molar-refractivity contribution in [3.8, 4) is 0 Å². The van der Waals surface area contributed by atoms with Gasteiger partial charge in [0.05, 0.1) is 29.8 Å². The largest absolute Gasteiger partial charge is 0.379 e. The zero-order valence-corrected chi connectivity index (χ0v) is 22.3. The quantitative estimate of drug-likeness (QED) is 0.405. The minimum absolute atomic E-state index is 0.176. The Kier molecular flexibility index (Phi) is 8.48. The van der Waals surface area contributed by atoms with Gasteiger partial charge in [0.2, 0.25) is 0 Å². The molecule has 2 aliphatic heterocycles. The third kappa shape index (κ3) is 6.30. The van der Waals surface area contributed by atoms with Crippen LogP contribution in [0.15, 0.2) is 71.1 Å². The van der Waals surface area contributed by atoms with Gasteiger partial charge >= 0.3 is 0 Å². The first kappa shape index (κ1) is 26.5. The van der Waals surface area contributed by atoms with E-state index in [9.17, 15) is 14.0 Å². The van der Waals surface area contributed by atoms with Gasteiger partial charge in [0, 0.05) is 43.2 Å². The van der Waals surface area contributed by atoms with Crippen LogP contribution in [-0.2, 0) is 9.53 Å². The van der Waals surface area contributed by atoms with E-state index in [1.165, 1.54) is 28.1 Å². The molecule has 3 aromatic rings. The van der Waals surface area contributed by atoms with Gasteiger partial charge in [0.1, 0.15) is 12.4 Å². The van der Waals surface area contributed by atoms with Crippen molar-refractivity contribution in [1.82, 2.24) is 14.8 Å². The van der Waals surface area contributed by atoms with Crippen molar-refractivity contribution in [1.29, 1.82) is 0 Å². The van der Waals surface area contributed by atoms with Crippen LogP contribution < -0.4 is 0 Å². The van der Waals surface area contributed by atoms with Crippen molar-refractivity contribution in [3.63, 3.8) is 0 Å². The van der Waals surface area contributed by atoms with Gasteiger partial charge in [-0.25, -0.2) is 9.40 Å². The molecule has 0 spiro atoms. The summed E-state index contributed by atoms with van der Waals surface area (Å²) in [5.74, 6) is -1.19. The number of carbonyl (C=O) groups is 2. The van der Waals surface area contributed by atoms with E-state index in [4.69, 9.17) is 21.4 Å². The van der Waals surface area contributed by atoms with Crippen LogP contribution in [-0.4, -0.2) is 78.3 Å². The molecule has 1 saturated heterocycles.